The molecule has 1 aromatic heterocycles. The van der Waals surface area contributed by atoms with Crippen molar-refractivity contribution in [1.82, 2.24) is 9.97 Å². The Bertz CT molecular complexity index is 938. The van der Waals surface area contributed by atoms with Crippen molar-refractivity contribution in [2.45, 2.75) is 0 Å². The first-order valence-electron chi connectivity index (χ1n) is 7.09. The molecule has 0 aliphatic rings. The third kappa shape index (κ3) is 3.64. The Labute approximate surface area is 154 Å². The highest BCUT2D eigenvalue weighted by Crippen LogP contribution is 2.35. The summed E-state index contributed by atoms with van der Waals surface area (Å²) >= 11 is 12.2. The maximum atomic E-state index is 9.21. The van der Waals surface area contributed by atoms with E-state index < -0.39 is 0 Å². The van der Waals surface area contributed by atoms with Gasteiger partial charge in [-0.15, -0.1) is 0 Å². The van der Waals surface area contributed by atoms with Gasteiger partial charge in [-0.1, -0.05) is 41.4 Å². The van der Waals surface area contributed by atoms with Crippen LogP contribution in [0.2, 0.25) is 10.0 Å². The summed E-state index contributed by atoms with van der Waals surface area (Å²) in [5.41, 5.74) is 0.922. The van der Waals surface area contributed by atoms with E-state index in [2.05, 4.69) is 16.0 Å². The molecule has 0 bridgehead atoms. The van der Waals surface area contributed by atoms with Crippen LogP contribution in [0.1, 0.15) is 5.56 Å². The van der Waals surface area contributed by atoms with E-state index in [-0.39, 0.29) is 11.8 Å². The largest absolute Gasteiger partial charge is 0.421 e. The summed E-state index contributed by atoms with van der Waals surface area (Å²) in [5.74, 6) is 6.70. The van der Waals surface area contributed by atoms with Crippen LogP contribution < -0.4 is 15.6 Å². The highest BCUT2D eigenvalue weighted by atomic mass is 35.5. The lowest BCUT2D eigenvalue weighted by molar-refractivity contribution is 0.442. The Hall–Kier alpha value is -2.85. The highest BCUT2D eigenvalue weighted by Gasteiger charge is 2.14. The molecule has 0 amide bonds. The average Bonchev–Trinajstić information content (AvgIpc) is 2.64. The fraction of sp³-hybridized carbons (Fsp3) is 0. The fourth-order valence-corrected chi connectivity index (χ4v) is 2.56. The molecule has 124 valence electrons. The first kappa shape index (κ1) is 17.0. The molecular formula is C17H11Cl2N5O. The van der Waals surface area contributed by atoms with Gasteiger partial charge in [0, 0.05) is 12.3 Å². The maximum Gasteiger partial charge on any atom is 0.324 e. The monoisotopic (exact) mass is 371 g/mol. The van der Waals surface area contributed by atoms with Gasteiger partial charge in [-0.25, -0.2) is 10.8 Å². The molecule has 3 aromatic rings. The quantitative estimate of drug-likeness (QED) is 0.537. The molecule has 0 radical (unpaired) electrons. The molecule has 0 saturated heterocycles. The maximum absolute atomic E-state index is 9.21. The molecule has 1 heterocycles. The van der Waals surface area contributed by atoms with Crippen molar-refractivity contribution in [3.8, 4) is 17.8 Å². The van der Waals surface area contributed by atoms with Crippen molar-refractivity contribution in [3.05, 3.63) is 70.3 Å². The predicted molar refractivity (Wildman–Crippen MR) is 96.1 cm³/mol. The van der Waals surface area contributed by atoms with Crippen LogP contribution in [-0.4, -0.2) is 9.97 Å². The van der Waals surface area contributed by atoms with Crippen molar-refractivity contribution in [1.29, 1.82) is 5.26 Å². The lowest BCUT2D eigenvalue weighted by Crippen LogP contribution is -2.26. The Morgan fingerprint density at radius 1 is 1.04 bits per heavy atom. The topological polar surface area (TPSA) is 88.1 Å². The SMILES string of the molecule is N#Cc1ccccc1N(N)c1ccnc(Oc2c(Cl)cccc2Cl)n1. The van der Waals surface area contributed by atoms with Crippen LogP contribution in [0.25, 0.3) is 0 Å². The summed E-state index contributed by atoms with van der Waals surface area (Å²) in [6.07, 6.45) is 1.48. The predicted octanol–water partition coefficient (Wildman–Crippen LogP) is 4.46. The van der Waals surface area contributed by atoms with E-state index >= 15 is 0 Å². The minimum atomic E-state index is 0.0254. The molecule has 0 unspecified atom stereocenters. The van der Waals surface area contributed by atoms with Crippen molar-refractivity contribution in [2.75, 3.05) is 5.01 Å². The summed E-state index contributed by atoms with van der Waals surface area (Å²) in [4.78, 5) is 8.28. The number of nitrogens with two attached hydrogens (primary N) is 1. The zero-order chi connectivity index (χ0) is 17.8. The smallest absolute Gasteiger partial charge is 0.324 e. The van der Waals surface area contributed by atoms with Gasteiger partial charge in [0.2, 0.25) is 0 Å². The second-order valence-electron chi connectivity index (χ2n) is 4.85. The van der Waals surface area contributed by atoms with Crippen molar-refractivity contribution >= 4 is 34.7 Å². The van der Waals surface area contributed by atoms with Gasteiger partial charge in [0.05, 0.1) is 21.3 Å². The number of rotatable bonds is 4. The van der Waals surface area contributed by atoms with E-state index in [1.54, 1.807) is 48.5 Å². The summed E-state index contributed by atoms with van der Waals surface area (Å²) in [6, 6.07) is 15.6. The van der Waals surface area contributed by atoms with E-state index in [4.69, 9.17) is 33.8 Å². The van der Waals surface area contributed by atoms with Gasteiger partial charge in [0.25, 0.3) is 0 Å². The van der Waals surface area contributed by atoms with E-state index in [1.807, 2.05) is 0 Å². The number of hydrogen-bond acceptors (Lipinski definition) is 6. The zero-order valence-corrected chi connectivity index (χ0v) is 14.2. The summed E-state index contributed by atoms with van der Waals surface area (Å²) in [6.45, 7) is 0. The van der Waals surface area contributed by atoms with Gasteiger partial charge >= 0.3 is 6.01 Å². The van der Waals surface area contributed by atoms with E-state index in [0.717, 1.165) is 0 Å². The molecule has 0 saturated carbocycles. The lowest BCUT2D eigenvalue weighted by Gasteiger charge is -2.19. The number of halogens is 2. The van der Waals surface area contributed by atoms with E-state index in [0.29, 0.717) is 27.1 Å². The number of aromatic nitrogens is 2. The second-order valence-corrected chi connectivity index (χ2v) is 5.66. The van der Waals surface area contributed by atoms with Crippen LogP contribution in [-0.2, 0) is 0 Å². The van der Waals surface area contributed by atoms with Crippen LogP contribution >= 0.6 is 23.2 Å². The number of hydrazine groups is 1. The van der Waals surface area contributed by atoms with Crippen LogP contribution in [0, 0.1) is 11.3 Å². The third-order valence-corrected chi connectivity index (χ3v) is 3.86. The molecule has 2 N–H and O–H groups in total. The number of benzene rings is 2. The number of hydrogen-bond donors (Lipinski definition) is 1. The summed E-state index contributed by atoms with van der Waals surface area (Å²) in [5, 5.41) is 11.2. The first-order valence-corrected chi connectivity index (χ1v) is 7.84. The van der Waals surface area contributed by atoms with Gasteiger partial charge < -0.3 is 4.74 Å². The number of nitriles is 1. The zero-order valence-electron chi connectivity index (χ0n) is 12.7. The van der Waals surface area contributed by atoms with E-state index in [9.17, 15) is 5.26 Å². The molecule has 0 aliphatic carbocycles. The molecule has 6 nitrogen and oxygen atoms in total. The molecule has 25 heavy (non-hydrogen) atoms. The van der Waals surface area contributed by atoms with Gasteiger partial charge in [-0.05, 0) is 24.3 Å². The summed E-state index contributed by atoms with van der Waals surface area (Å²) in [7, 11) is 0. The normalized spacial score (nSPS) is 10.2. The third-order valence-electron chi connectivity index (χ3n) is 3.26. The number of ether oxygens (including phenoxy) is 1. The van der Waals surface area contributed by atoms with Crippen LogP contribution in [0.4, 0.5) is 11.5 Å². The lowest BCUT2D eigenvalue weighted by atomic mass is 10.2. The number of nitrogens with zero attached hydrogens (tertiary/aromatic N) is 4. The molecule has 2 aromatic carbocycles. The van der Waals surface area contributed by atoms with E-state index in [1.165, 1.54) is 11.2 Å². The fourth-order valence-electron chi connectivity index (χ4n) is 2.09. The molecule has 0 fully saturated rings. The first-order chi connectivity index (χ1) is 12.1. The molecule has 8 heteroatoms. The van der Waals surface area contributed by atoms with Crippen LogP contribution in [0.15, 0.2) is 54.7 Å². The van der Waals surface area contributed by atoms with Gasteiger partial charge in [-0.3, -0.25) is 5.01 Å². The summed E-state index contributed by atoms with van der Waals surface area (Å²) < 4.78 is 5.59. The molecule has 0 atom stereocenters. The van der Waals surface area contributed by atoms with Crippen molar-refractivity contribution in [2.24, 2.45) is 5.84 Å². The van der Waals surface area contributed by atoms with Crippen LogP contribution in [0.3, 0.4) is 0 Å². The van der Waals surface area contributed by atoms with Crippen LogP contribution in [0.5, 0.6) is 11.8 Å². The number of para-hydroxylation sites is 2. The van der Waals surface area contributed by atoms with Crippen molar-refractivity contribution < 1.29 is 4.74 Å². The highest BCUT2D eigenvalue weighted by molar-refractivity contribution is 6.37. The van der Waals surface area contributed by atoms with Gasteiger partial charge in [-0.2, -0.15) is 10.2 Å². The molecule has 0 aliphatic heterocycles. The van der Waals surface area contributed by atoms with Gasteiger partial charge in [0.15, 0.2) is 11.6 Å². The Balaban J connectivity index is 1.93. The second kappa shape index (κ2) is 7.36. The molecule has 0 spiro atoms. The Kier molecular flexibility index (Phi) is 5.00. The Morgan fingerprint density at radius 3 is 2.48 bits per heavy atom. The average molecular weight is 372 g/mol. The van der Waals surface area contributed by atoms with Gasteiger partial charge in [0.1, 0.15) is 6.07 Å². The standard InChI is InChI=1S/C17H11Cl2N5O/c18-12-5-3-6-13(19)16(12)25-17-22-9-8-15(23-17)24(21)14-7-2-1-4-11(14)10-20/h1-9H,21H2. The molecular weight excluding hydrogens is 361 g/mol. The van der Waals surface area contributed by atoms with Crippen molar-refractivity contribution in [3.63, 3.8) is 0 Å². The number of anilines is 2. The molecule has 3 rings (SSSR count). The minimum absolute atomic E-state index is 0.0254. The minimum Gasteiger partial charge on any atom is -0.421 e. The Morgan fingerprint density at radius 2 is 1.76 bits per heavy atom.